The van der Waals surface area contributed by atoms with Crippen LogP contribution in [0, 0.1) is 0 Å². The summed E-state index contributed by atoms with van der Waals surface area (Å²) in [4.78, 5) is 11.8. The van der Waals surface area contributed by atoms with Gasteiger partial charge in [-0.3, -0.25) is 9.36 Å². The van der Waals surface area contributed by atoms with Crippen LogP contribution in [0.3, 0.4) is 0 Å². The van der Waals surface area contributed by atoms with E-state index in [0.29, 0.717) is 13.3 Å². The molecule has 0 atom stereocenters. The molecule has 2 aromatic rings. The molecule has 0 aromatic carbocycles. The lowest BCUT2D eigenvalue weighted by Crippen LogP contribution is -2.20. The molecule has 4 heteroatoms. The van der Waals surface area contributed by atoms with Crippen molar-refractivity contribution in [2.75, 3.05) is 6.61 Å². The molecule has 0 saturated carbocycles. The van der Waals surface area contributed by atoms with Crippen LogP contribution in [0.2, 0.25) is 0 Å². The fraction of sp³-hybridized carbons (Fsp3) is 0.300. The van der Waals surface area contributed by atoms with E-state index in [1.807, 2.05) is 24.4 Å². The maximum atomic E-state index is 11.8. The SMILES string of the molecule is CCOCn1ccc2sccc2c1=O. The summed E-state index contributed by atoms with van der Waals surface area (Å²) in [5, 5.41) is 2.70. The highest BCUT2D eigenvalue weighted by Gasteiger charge is 2.02. The van der Waals surface area contributed by atoms with E-state index in [4.69, 9.17) is 4.74 Å². The Labute approximate surface area is 85.6 Å². The number of hydrogen-bond acceptors (Lipinski definition) is 3. The van der Waals surface area contributed by atoms with E-state index in [2.05, 4.69) is 0 Å². The van der Waals surface area contributed by atoms with Gasteiger partial charge in [-0.05, 0) is 24.4 Å². The third-order valence-electron chi connectivity index (χ3n) is 2.03. The molecule has 3 nitrogen and oxygen atoms in total. The molecule has 0 bridgehead atoms. The third kappa shape index (κ3) is 1.58. The third-order valence-corrected chi connectivity index (χ3v) is 2.91. The van der Waals surface area contributed by atoms with Crippen LogP contribution >= 0.6 is 11.3 Å². The monoisotopic (exact) mass is 209 g/mol. The molecular weight excluding hydrogens is 198 g/mol. The van der Waals surface area contributed by atoms with Crippen LogP contribution in [0.25, 0.3) is 10.1 Å². The summed E-state index contributed by atoms with van der Waals surface area (Å²) in [7, 11) is 0. The minimum Gasteiger partial charge on any atom is -0.361 e. The van der Waals surface area contributed by atoms with Crippen LogP contribution in [0.4, 0.5) is 0 Å². The maximum Gasteiger partial charge on any atom is 0.261 e. The summed E-state index contributed by atoms with van der Waals surface area (Å²) in [5.74, 6) is 0. The number of hydrogen-bond donors (Lipinski definition) is 0. The summed E-state index contributed by atoms with van der Waals surface area (Å²) in [6.45, 7) is 2.86. The summed E-state index contributed by atoms with van der Waals surface area (Å²) < 4.78 is 7.80. The highest BCUT2D eigenvalue weighted by Crippen LogP contribution is 2.15. The highest BCUT2D eigenvalue weighted by atomic mass is 32.1. The van der Waals surface area contributed by atoms with Crippen LogP contribution in [0.1, 0.15) is 6.92 Å². The molecule has 14 heavy (non-hydrogen) atoms. The Morgan fingerprint density at radius 1 is 1.50 bits per heavy atom. The second kappa shape index (κ2) is 3.94. The first kappa shape index (κ1) is 9.43. The molecule has 0 aliphatic rings. The number of ether oxygens (including phenoxy) is 1. The summed E-state index contributed by atoms with van der Waals surface area (Å²) in [6.07, 6.45) is 1.77. The Morgan fingerprint density at radius 3 is 3.14 bits per heavy atom. The van der Waals surface area contributed by atoms with Gasteiger partial charge in [0, 0.05) is 17.5 Å². The van der Waals surface area contributed by atoms with Crippen LogP contribution in [0.15, 0.2) is 28.5 Å². The van der Waals surface area contributed by atoms with Gasteiger partial charge < -0.3 is 4.74 Å². The van der Waals surface area contributed by atoms with Gasteiger partial charge in [0.2, 0.25) is 0 Å². The predicted octanol–water partition coefficient (Wildman–Crippen LogP) is 2.06. The zero-order chi connectivity index (χ0) is 9.97. The van der Waals surface area contributed by atoms with E-state index in [1.54, 1.807) is 22.1 Å². The van der Waals surface area contributed by atoms with Gasteiger partial charge in [0.05, 0.1) is 5.39 Å². The van der Waals surface area contributed by atoms with Gasteiger partial charge in [0.1, 0.15) is 6.73 Å². The van der Waals surface area contributed by atoms with E-state index in [1.165, 1.54) is 0 Å². The maximum absolute atomic E-state index is 11.8. The molecule has 0 unspecified atom stereocenters. The van der Waals surface area contributed by atoms with E-state index >= 15 is 0 Å². The average Bonchev–Trinajstić information content (AvgIpc) is 2.66. The summed E-state index contributed by atoms with van der Waals surface area (Å²) >= 11 is 1.58. The number of nitrogens with zero attached hydrogens (tertiary/aromatic N) is 1. The molecule has 2 rings (SSSR count). The molecule has 0 N–H and O–H groups in total. The average molecular weight is 209 g/mol. The van der Waals surface area contributed by atoms with Crippen LogP contribution in [-0.2, 0) is 11.5 Å². The van der Waals surface area contributed by atoms with Gasteiger partial charge in [0.15, 0.2) is 0 Å². The number of thiophene rings is 1. The van der Waals surface area contributed by atoms with Crippen molar-refractivity contribution < 1.29 is 4.74 Å². The molecule has 0 fully saturated rings. The number of rotatable bonds is 3. The van der Waals surface area contributed by atoms with Gasteiger partial charge in [-0.1, -0.05) is 0 Å². The van der Waals surface area contributed by atoms with Crippen LogP contribution in [-0.4, -0.2) is 11.2 Å². The second-order valence-electron chi connectivity index (χ2n) is 2.91. The van der Waals surface area contributed by atoms with Crippen molar-refractivity contribution in [3.63, 3.8) is 0 Å². The lowest BCUT2D eigenvalue weighted by molar-refractivity contribution is 0.0857. The Balaban J connectivity index is 2.46. The molecule has 2 heterocycles. The largest absolute Gasteiger partial charge is 0.361 e. The summed E-state index contributed by atoms with van der Waals surface area (Å²) in [6, 6.07) is 3.80. The zero-order valence-corrected chi connectivity index (χ0v) is 8.71. The molecule has 74 valence electrons. The second-order valence-corrected chi connectivity index (χ2v) is 3.86. The molecule has 0 aliphatic carbocycles. The quantitative estimate of drug-likeness (QED) is 0.774. The Morgan fingerprint density at radius 2 is 2.36 bits per heavy atom. The van der Waals surface area contributed by atoms with E-state index < -0.39 is 0 Å². The van der Waals surface area contributed by atoms with E-state index in [-0.39, 0.29) is 5.56 Å². The number of fused-ring (bicyclic) bond motifs is 1. The number of pyridine rings is 1. The minimum atomic E-state index is 0.0252. The Hall–Kier alpha value is -1.13. The van der Waals surface area contributed by atoms with Gasteiger partial charge in [-0.2, -0.15) is 0 Å². The standard InChI is InChI=1S/C10H11NO2S/c1-2-13-7-11-5-3-9-8(10(11)12)4-6-14-9/h3-6H,2,7H2,1H3. The molecule has 0 radical (unpaired) electrons. The van der Waals surface area contributed by atoms with Crippen molar-refractivity contribution in [1.29, 1.82) is 0 Å². The minimum absolute atomic E-state index is 0.0252. The van der Waals surface area contributed by atoms with Crippen molar-refractivity contribution in [2.45, 2.75) is 13.7 Å². The van der Waals surface area contributed by atoms with Crippen molar-refractivity contribution in [3.05, 3.63) is 34.1 Å². The highest BCUT2D eigenvalue weighted by molar-refractivity contribution is 7.17. The van der Waals surface area contributed by atoms with Gasteiger partial charge >= 0.3 is 0 Å². The van der Waals surface area contributed by atoms with Crippen molar-refractivity contribution in [2.24, 2.45) is 0 Å². The fourth-order valence-electron chi connectivity index (χ4n) is 1.30. The van der Waals surface area contributed by atoms with Gasteiger partial charge in [-0.25, -0.2) is 0 Å². The Kier molecular flexibility index (Phi) is 2.65. The number of aromatic nitrogens is 1. The first-order chi connectivity index (χ1) is 6.83. The molecular formula is C10H11NO2S. The predicted molar refractivity (Wildman–Crippen MR) is 57.7 cm³/mol. The lowest BCUT2D eigenvalue weighted by Gasteiger charge is -2.04. The molecule has 0 saturated heterocycles. The van der Waals surface area contributed by atoms with Crippen molar-refractivity contribution >= 4 is 21.4 Å². The molecule has 0 aliphatic heterocycles. The van der Waals surface area contributed by atoms with Crippen LogP contribution < -0.4 is 5.56 Å². The first-order valence-corrected chi connectivity index (χ1v) is 5.35. The normalized spacial score (nSPS) is 10.9. The smallest absolute Gasteiger partial charge is 0.261 e. The fourth-order valence-corrected chi connectivity index (χ4v) is 2.07. The van der Waals surface area contributed by atoms with E-state index in [9.17, 15) is 4.79 Å². The van der Waals surface area contributed by atoms with Gasteiger partial charge in [-0.15, -0.1) is 11.3 Å². The topological polar surface area (TPSA) is 31.2 Å². The van der Waals surface area contributed by atoms with E-state index in [0.717, 1.165) is 10.1 Å². The zero-order valence-electron chi connectivity index (χ0n) is 7.90. The lowest BCUT2D eigenvalue weighted by atomic mass is 10.3. The van der Waals surface area contributed by atoms with Crippen molar-refractivity contribution in [3.8, 4) is 0 Å². The molecule has 0 amide bonds. The van der Waals surface area contributed by atoms with Crippen molar-refractivity contribution in [1.82, 2.24) is 4.57 Å². The first-order valence-electron chi connectivity index (χ1n) is 4.47. The molecule has 2 aromatic heterocycles. The summed E-state index contributed by atoms with van der Waals surface area (Å²) in [5.41, 5.74) is 0.0252. The van der Waals surface area contributed by atoms with Gasteiger partial charge in [0.25, 0.3) is 5.56 Å². The Bertz CT molecular complexity index is 486. The molecule has 0 spiro atoms. The van der Waals surface area contributed by atoms with Crippen LogP contribution in [0.5, 0.6) is 0 Å².